The van der Waals surface area contributed by atoms with Gasteiger partial charge in [-0.25, -0.2) is 4.98 Å². The minimum absolute atomic E-state index is 0.0388. The van der Waals surface area contributed by atoms with Crippen LogP contribution >= 0.6 is 0 Å². The van der Waals surface area contributed by atoms with Crippen molar-refractivity contribution in [3.63, 3.8) is 0 Å². The van der Waals surface area contributed by atoms with E-state index in [0.717, 1.165) is 19.7 Å². The van der Waals surface area contributed by atoms with E-state index in [4.69, 9.17) is 4.74 Å². The minimum atomic E-state index is -0.422. The van der Waals surface area contributed by atoms with E-state index in [1.165, 1.54) is 6.07 Å². The van der Waals surface area contributed by atoms with Gasteiger partial charge in [-0.2, -0.15) is 0 Å². The quantitative estimate of drug-likeness (QED) is 0.664. The average Bonchev–Trinajstić information content (AvgIpc) is 2.38. The van der Waals surface area contributed by atoms with Gasteiger partial charge >= 0.3 is 0 Å². The SMILES string of the molecule is Cc1nc(NC(C)C2CN(C)CCO2)ccc1[N+](=O)[O-]. The van der Waals surface area contributed by atoms with Crippen LogP contribution in [-0.2, 0) is 4.74 Å². The van der Waals surface area contributed by atoms with Crippen LogP contribution in [0.2, 0.25) is 0 Å². The third kappa shape index (κ3) is 3.43. The first kappa shape index (κ1) is 14.7. The monoisotopic (exact) mass is 280 g/mol. The Bertz CT molecular complexity index is 495. The highest BCUT2D eigenvalue weighted by Crippen LogP contribution is 2.19. The number of rotatable bonds is 4. The fourth-order valence-electron chi connectivity index (χ4n) is 2.27. The Morgan fingerprint density at radius 2 is 2.35 bits per heavy atom. The van der Waals surface area contributed by atoms with Crippen molar-refractivity contribution in [2.75, 3.05) is 32.1 Å². The molecule has 0 spiro atoms. The molecular formula is C13H20N4O3. The maximum Gasteiger partial charge on any atom is 0.290 e. The Hall–Kier alpha value is -1.73. The van der Waals surface area contributed by atoms with Crippen molar-refractivity contribution >= 4 is 11.5 Å². The smallest absolute Gasteiger partial charge is 0.290 e. The molecule has 0 saturated carbocycles. The zero-order valence-corrected chi connectivity index (χ0v) is 12.0. The Kier molecular flexibility index (Phi) is 4.51. The molecule has 110 valence electrons. The first-order valence-electron chi connectivity index (χ1n) is 6.66. The van der Waals surface area contributed by atoms with E-state index < -0.39 is 4.92 Å². The van der Waals surface area contributed by atoms with Gasteiger partial charge in [-0.05, 0) is 27.0 Å². The Morgan fingerprint density at radius 1 is 1.60 bits per heavy atom. The second kappa shape index (κ2) is 6.15. The van der Waals surface area contributed by atoms with Crippen molar-refractivity contribution in [3.05, 3.63) is 27.9 Å². The molecule has 0 aromatic carbocycles. The van der Waals surface area contributed by atoms with Crippen LogP contribution in [0.5, 0.6) is 0 Å². The zero-order valence-electron chi connectivity index (χ0n) is 12.0. The number of morpholine rings is 1. The summed E-state index contributed by atoms with van der Waals surface area (Å²) in [7, 11) is 2.07. The summed E-state index contributed by atoms with van der Waals surface area (Å²) in [4.78, 5) is 16.8. The summed E-state index contributed by atoms with van der Waals surface area (Å²) in [5, 5.41) is 14.0. The number of ether oxygens (including phenoxy) is 1. The van der Waals surface area contributed by atoms with Gasteiger partial charge in [0, 0.05) is 19.2 Å². The number of nitrogens with one attached hydrogen (secondary N) is 1. The molecule has 20 heavy (non-hydrogen) atoms. The Balaban J connectivity index is 2.02. The Morgan fingerprint density at radius 3 is 2.95 bits per heavy atom. The lowest BCUT2D eigenvalue weighted by molar-refractivity contribution is -0.385. The van der Waals surface area contributed by atoms with Crippen LogP contribution in [0.3, 0.4) is 0 Å². The summed E-state index contributed by atoms with van der Waals surface area (Å²) in [6.45, 7) is 6.19. The van der Waals surface area contributed by atoms with E-state index in [0.29, 0.717) is 11.5 Å². The predicted molar refractivity (Wildman–Crippen MR) is 76.0 cm³/mol. The molecule has 0 aliphatic carbocycles. The second-order valence-electron chi connectivity index (χ2n) is 5.16. The molecule has 1 aromatic heterocycles. The zero-order chi connectivity index (χ0) is 14.7. The van der Waals surface area contributed by atoms with Gasteiger partial charge in [0.15, 0.2) is 0 Å². The molecule has 1 N–H and O–H groups in total. The lowest BCUT2D eigenvalue weighted by Gasteiger charge is -2.34. The standard InChI is InChI=1S/C13H20N4O3/c1-9-11(17(18)19)4-5-13(14-9)15-10(2)12-8-16(3)6-7-20-12/h4-5,10,12H,6-8H2,1-3H3,(H,14,15). The lowest BCUT2D eigenvalue weighted by Crippen LogP contribution is -2.47. The first-order valence-corrected chi connectivity index (χ1v) is 6.66. The highest BCUT2D eigenvalue weighted by molar-refractivity contribution is 5.45. The highest BCUT2D eigenvalue weighted by atomic mass is 16.6. The topological polar surface area (TPSA) is 80.5 Å². The van der Waals surface area contributed by atoms with Crippen molar-refractivity contribution in [2.45, 2.75) is 26.0 Å². The van der Waals surface area contributed by atoms with Crippen LogP contribution in [-0.4, -0.2) is 53.7 Å². The largest absolute Gasteiger partial charge is 0.373 e. The van der Waals surface area contributed by atoms with Gasteiger partial charge in [0.1, 0.15) is 11.5 Å². The molecule has 7 nitrogen and oxygen atoms in total. The van der Waals surface area contributed by atoms with Gasteiger partial charge in [-0.15, -0.1) is 0 Å². The molecule has 7 heteroatoms. The molecule has 1 aliphatic rings. The van der Waals surface area contributed by atoms with E-state index >= 15 is 0 Å². The van der Waals surface area contributed by atoms with E-state index in [2.05, 4.69) is 22.2 Å². The second-order valence-corrected chi connectivity index (χ2v) is 5.16. The fraction of sp³-hybridized carbons (Fsp3) is 0.615. The van der Waals surface area contributed by atoms with Gasteiger partial charge in [-0.1, -0.05) is 0 Å². The maximum absolute atomic E-state index is 10.8. The normalized spacial score (nSPS) is 21.4. The van der Waals surface area contributed by atoms with Gasteiger partial charge in [0.25, 0.3) is 5.69 Å². The van der Waals surface area contributed by atoms with Crippen LogP contribution in [0.4, 0.5) is 11.5 Å². The number of aryl methyl sites for hydroxylation is 1. The highest BCUT2D eigenvalue weighted by Gasteiger charge is 2.24. The van der Waals surface area contributed by atoms with Crippen molar-refractivity contribution in [2.24, 2.45) is 0 Å². The van der Waals surface area contributed by atoms with Gasteiger partial charge in [0.2, 0.25) is 0 Å². The molecule has 2 unspecified atom stereocenters. The van der Waals surface area contributed by atoms with Gasteiger partial charge in [-0.3, -0.25) is 10.1 Å². The number of hydrogen-bond donors (Lipinski definition) is 1. The number of nitro groups is 1. The summed E-state index contributed by atoms with van der Waals surface area (Å²) in [5.74, 6) is 0.637. The predicted octanol–water partition coefficient (Wildman–Crippen LogP) is 1.43. The summed E-state index contributed by atoms with van der Waals surface area (Å²) < 4.78 is 5.73. The third-order valence-corrected chi connectivity index (χ3v) is 3.48. The molecule has 0 amide bonds. The molecule has 0 radical (unpaired) electrons. The minimum Gasteiger partial charge on any atom is -0.373 e. The van der Waals surface area contributed by atoms with Crippen LogP contribution in [0, 0.1) is 17.0 Å². The van der Waals surface area contributed by atoms with Crippen molar-refractivity contribution < 1.29 is 9.66 Å². The number of aromatic nitrogens is 1. The molecule has 2 atom stereocenters. The first-order chi connectivity index (χ1) is 9.47. The molecule has 2 heterocycles. The van der Waals surface area contributed by atoms with Gasteiger partial charge in [0.05, 0.1) is 23.7 Å². The molecule has 1 aliphatic heterocycles. The van der Waals surface area contributed by atoms with Crippen LogP contribution < -0.4 is 5.32 Å². The van der Waals surface area contributed by atoms with Crippen LogP contribution in [0.15, 0.2) is 12.1 Å². The molecule has 2 rings (SSSR count). The molecule has 1 fully saturated rings. The van der Waals surface area contributed by atoms with E-state index in [-0.39, 0.29) is 17.8 Å². The fourth-order valence-corrected chi connectivity index (χ4v) is 2.27. The van der Waals surface area contributed by atoms with Gasteiger partial charge < -0.3 is 15.0 Å². The molecular weight excluding hydrogens is 260 g/mol. The Labute approximate surface area is 118 Å². The van der Waals surface area contributed by atoms with Crippen molar-refractivity contribution in [3.8, 4) is 0 Å². The molecule has 1 aromatic rings. The maximum atomic E-state index is 10.8. The third-order valence-electron chi connectivity index (χ3n) is 3.48. The lowest BCUT2D eigenvalue weighted by atomic mass is 10.1. The summed E-state index contributed by atoms with van der Waals surface area (Å²) >= 11 is 0. The van der Waals surface area contributed by atoms with E-state index in [9.17, 15) is 10.1 Å². The van der Waals surface area contributed by atoms with E-state index in [1.807, 2.05) is 6.92 Å². The van der Waals surface area contributed by atoms with Crippen LogP contribution in [0.25, 0.3) is 0 Å². The molecule has 0 bridgehead atoms. The summed E-state index contributed by atoms with van der Waals surface area (Å²) in [6.07, 6.45) is 0.0889. The molecule has 1 saturated heterocycles. The number of anilines is 1. The number of hydrogen-bond acceptors (Lipinski definition) is 6. The number of likely N-dealkylation sites (N-methyl/N-ethyl adjacent to an activating group) is 1. The summed E-state index contributed by atoms with van der Waals surface area (Å²) in [5.41, 5.74) is 0.450. The average molecular weight is 280 g/mol. The van der Waals surface area contributed by atoms with Crippen molar-refractivity contribution in [1.82, 2.24) is 9.88 Å². The number of nitrogens with zero attached hydrogens (tertiary/aromatic N) is 3. The summed E-state index contributed by atoms with van der Waals surface area (Å²) in [6, 6.07) is 3.20. The number of pyridine rings is 1. The van der Waals surface area contributed by atoms with Crippen molar-refractivity contribution in [1.29, 1.82) is 0 Å². The van der Waals surface area contributed by atoms with E-state index in [1.54, 1.807) is 13.0 Å². The van der Waals surface area contributed by atoms with Crippen LogP contribution in [0.1, 0.15) is 12.6 Å².